The lowest BCUT2D eigenvalue weighted by Gasteiger charge is -2.27. The number of ether oxygens (including phenoxy) is 1. The minimum absolute atomic E-state index is 2.78. The molecule has 0 aromatic carbocycles. The first-order valence-electron chi connectivity index (χ1n) is 3.49. The number of hydrogen-bond acceptors (Lipinski definition) is 1. The van der Waals surface area contributed by atoms with Gasteiger partial charge in [0.15, 0.2) is 6.61 Å². The minimum atomic E-state index is -6.63. The molecule has 17 heavy (non-hydrogen) atoms. The molecule has 0 heterocycles. The van der Waals surface area contributed by atoms with E-state index in [-0.39, 0.29) is 0 Å². The zero-order chi connectivity index (χ0) is 14.1. The molecule has 0 aliphatic heterocycles. The van der Waals surface area contributed by atoms with Crippen LogP contribution >= 0.6 is 0 Å². The van der Waals surface area contributed by atoms with E-state index in [4.69, 9.17) is 0 Å². The summed E-state index contributed by atoms with van der Waals surface area (Å²) in [5, 5.41) is 0. The molecule has 0 rings (SSSR count). The van der Waals surface area contributed by atoms with Crippen molar-refractivity contribution in [2.24, 2.45) is 0 Å². The van der Waals surface area contributed by atoms with Gasteiger partial charge in [-0.15, -0.1) is 0 Å². The molecule has 0 N–H and O–H groups in total. The van der Waals surface area contributed by atoms with Gasteiger partial charge in [-0.1, -0.05) is 0 Å². The monoisotopic (exact) mass is 280 g/mol. The van der Waals surface area contributed by atoms with Crippen molar-refractivity contribution in [3.8, 4) is 0 Å². The van der Waals surface area contributed by atoms with Crippen LogP contribution < -0.4 is 0 Å². The zero-order valence-corrected chi connectivity index (χ0v) is 7.39. The molecule has 0 unspecified atom stereocenters. The summed E-state index contributed by atoms with van der Waals surface area (Å²) >= 11 is 0. The summed E-state index contributed by atoms with van der Waals surface area (Å²) in [4.78, 5) is 0. The van der Waals surface area contributed by atoms with Gasteiger partial charge in [-0.05, 0) is 0 Å². The third-order valence-electron chi connectivity index (χ3n) is 1.34. The van der Waals surface area contributed by atoms with Crippen LogP contribution in [0.4, 0.5) is 43.9 Å². The molecule has 102 valence electrons. The van der Waals surface area contributed by atoms with E-state index in [9.17, 15) is 43.9 Å². The van der Waals surface area contributed by atoms with Crippen LogP contribution in [-0.4, -0.2) is 24.6 Å². The predicted molar refractivity (Wildman–Crippen MR) is 32.3 cm³/mol. The van der Waals surface area contributed by atoms with E-state index in [0.717, 1.165) is 0 Å². The van der Waals surface area contributed by atoms with Crippen LogP contribution in [0.5, 0.6) is 0 Å². The molecular weight excluding hydrogens is 278 g/mol. The number of rotatable bonds is 4. The normalized spacial score (nSPS) is 13.5. The fourth-order valence-corrected chi connectivity index (χ4v) is 0.507. The first-order chi connectivity index (χ1) is 7.33. The van der Waals surface area contributed by atoms with Gasteiger partial charge in [0.2, 0.25) is 0 Å². The van der Waals surface area contributed by atoms with Gasteiger partial charge in [-0.3, -0.25) is 0 Å². The van der Waals surface area contributed by atoms with Crippen molar-refractivity contribution < 1.29 is 48.6 Å². The molecule has 0 spiro atoms. The Morgan fingerprint density at radius 1 is 0.824 bits per heavy atom. The summed E-state index contributed by atoms with van der Waals surface area (Å²) in [6.45, 7) is -2.89. The van der Waals surface area contributed by atoms with Crippen molar-refractivity contribution in [3.05, 3.63) is 12.1 Å². The molecular formula is C6H2F10O. The lowest BCUT2D eigenvalue weighted by molar-refractivity contribution is -0.360. The summed E-state index contributed by atoms with van der Waals surface area (Å²) < 4.78 is 120. The van der Waals surface area contributed by atoms with Crippen LogP contribution in [0.2, 0.25) is 0 Å². The smallest absolute Gasteiger partial charge is 0.460 e. The largest absolute Gasteiger partial charge is 0.460 e. The Bertz CT molecular complexity index is 298. The van der Waals surface area contributed by atoms with Gasteiger partial charge >= 0.3 is 30.1 Å². The van der Waals surface area contributed by atoms with E-state index >= 15 is 0 Å². The van der Waals surface area contributed by atoms with Gasteiger partial charge in [0.25, 0.3) is 0 Å². The van der Waals surface area contributed by atoms with Crippen LogP contribution in [-0.2, 0) is 4.74 Å². The lowest BCUT2D eigenvalue weighted by atomic mass is 10.2. The molecule has 0 fully saturated rings. The fourth-order valence-electron chi connectivity index (χ4n) is 0.507. The molecule has 0 aromatic heterocycles. The minimum Gasteiger partial charge on any atom is -0.460 e. The summed E-state index contributed by atoms with van der Waals surface area (Å²) in [7, 11) is 0. The highest BCUT2D eigenvalue weighted by Gasteiger charge is 2.73. The van der Waals surface area contributed by atoms with Crippen LogP contribution in [0.3, 0.4) is 0 Å². The number of hydrogen-bond donors (Lipinski definition) is 0. The fraction of sp³-hybridized carbons (Fsp3) is 0.667. The van der Waals surface area contributed by atoms with Crippen molar-refractivity contribution in [1.82, 2.24) is 0 Å². The molecule has 0 bridgehead atoms. The van der Waals surface area contributed by atoms with E-state index < -0.39 is 36.7 Å². The van der Waals surface area contributed by atoms with Crippen molar-refractivity contribution in [3.63, 3.8) is 0 Å². The van der Waals surface area contributed by atoms with E-state index in [1.54, 1.807) is 0 Å². The van der Waals surface area contributed by atoms with Crippen molar-refractivity contribution in [2.75, 3.05) is 6.61 Å². The van der Waals surface area contributed by atoms with Gasteiger partial charge in [0.05, 0.1) is 0 Å². The number of alkyl halides is 7. The van der Waals surface area contributed by atoms with Crippen molar-refractivity contribution in [1.29, 1.82) is 0 Å². The Kier molecular flexibility index (Phi) is 4.29. The second kappa shape index (κ2) is 4.61. The molecule has 0 aromatic rings. The average Bonchev–Trinajstić information content (AvgIpc) is 2.11. The zero-order valence-electron chi connectivity index (χ0n) is 7.39. The topological polar surface area (TPSA) is 9.23 Å². The predicted octanol–water partition coefficient (Wildman–Crippen LogP) is 3.87. The van der Waals surface area contributed by atoms with Crippen molar-refractivity contribution >= 4 is 0 Å². The van der Waals surface area contributed by atoms with Gasteiger partial charge in [-0.25, -0.2) is 0 Å². The summed E-state index contributed by atoms with van der Waals surface area (Å²) in [5.41, 5.74) is 0. The average molecular weight is 280 g/mol. The standard InChI is InChI=1S/C6H2F10O/c7-2(8)3(9)17-1-4(10,11)5(12,13)6(14,15)16/h1H2. The van der Waals surface area contributed by atoms with Gasteiger partial charge in [0, 0.05) is 0 Å². The first kappa shape index (κ1) is 15.8. The second-order valence-electron chi connectivity index (χ2n) is 2.60. The van der Waals surface area contributed by atoms with Crippen LogP contribution in [0.25, 0.3) is 0 Å². The van der Waals surface area contributed by atoms with Gasteiger partial charge in [-0.2, -0.15) is 43.9 Å². The molecule has 0 aliphatic rings. The van der Waals surface area contributed by atoms with Crippen LogP contribution in [0, 0.1) is 0 Å². The molecule has 1 nitrogen and oxygen atoms in total. The third-order valence-corrected chi connectivity index (χ3v) is 1.34. The second-order valence-corrected chi connectivity index (χ2v) is 2.60. The highest BCUT2D eigenvalue weighted by atomic mass is 19.4. The third kappa shape index (κ3) is 3.40. The highest BCUT2D eigenvalue weighted by Crippen LogP contribution is 2.46. The molecule has 0 amide bonds. The Labute approximate surface area is 86.6 Å². The van der Waals surface area contributed by atoms with E-state index in [1.807, 2.05) is 0 Å². The summed E-state index contributed by atoms with van der Waals surface area (Å²) in [6, 6.07) is -2.96. The lowest BCUT2D eigenvalue weighted by Crippen LogP contribution is -2.54. The quantitative estimate of drug-likeness (QED) is 0.561. The first-order valence-corrected chi connectivity index (χ1v) is 3.49. The molecule has 0 saturated heterocycles. The Hall–Kier alpha value is -1.16. The van der Waals surface area contributed by atoms with Crippen LogP contribution in [0.15, 0.2) is 12.1 Å². The van der Waals surface area contributed by atoms with Gasteiger partial charge in [0.1, 0.15) is 0 Å². The molecule has 11 heteroatoms. The maximum atomic E-state index is 12.3. The number of halogens is 10. The highest BCUT2D eigenvalue weighted by molar-refractivity contribution is 4.92. The Balaban J connectivity index is 4.87. The van der Waals surface area contributed by atoms with Crippen LogP contribution in [0.1, 0.15) is 0 Å². The molecule has 0 radical (unpaired) electrons. The van der Waals surface area contributed by atoms with Gasteiger partial charge < -0.3 is 4.74 Å². The molecule has 0 saturated carbocycles. The van der Waals surface area contributed by atoms with E-state index in [2.05, 4.69) is 4.74 Å². The Morgan fingerprint density at radius 3 is 1.53 bits per heavy atom. The maximum Gasteiger partial charge on any atom is 0.460 e. The van der Waals surface area contributed by atoms with E-state index in [0.29, 0.717) is 0 Å². The summed E-state index contributed by atoms with van der Waals surface area (Å²) in [6.07, 6.45) is -9.90. The maximum absolute atomic E-state index is 12.3. The van der Waals surface area contributed by atoms with E-state index in [1.165, 1.54) is 0 Å². The SMILES string of the molecule is FC(F)=C(F)OCC(F)(F)C(F)(F)C(F)(F)F. The molecule has 0 atom stereocenters. The molecule has 0 aliphatic carbocycles. The Morgan fingerprint density at radius 2 is 1.24 bits per heavy atom. The van der Waals surface area contributed by atoms with Crippen molar-refractivity contribution in [2.45, 2.75) is 18.0 Å². The summed E-state index contributed by atoms with van der Waals surface area (Å²) in [5.74, 6) is -12.4.